The molecule has 2 N–H and O–H groups in total. The largest absolute Gasteiger partial charge is 0.502 e. The van der Waals surface area contributed by atoms with E-state index in [1.807, 2.05) is 6.07 Å². The molecule has 2 aromatic carbocycles. The number of carbonyl (C=O) groups excluding carboxylic acids is 1. The number of aliphatic hydroxyl groups is 1. The number of carbonyl (C=O) groups is 1. The maximum atomic E-state index is 12.6. The van der Waals surface area contributed by atoms with Crippen molar-refractivity contribution < 1.29 is 29.2 Å². The molecular weight excluding hydrogens is 300 g/mol. The van der Waals surface area contributed by atoms with Gasteiger partial charge in [0, 0.05) is 6.07 Å². The molecule has 0 spiro atoms. The third-order valence-corrected chi connectivity index (χ3v) is 3.80. The fraction of sp³-hybridized carbons (Fsp3) is 0.235. The summed E-state index contributed by atoms with van der Waals surface area (Å²) in [5.74, 6) is -0.633. The number of hydrogen-bond acceptors (Lipinski definition) is 6. The fourth-order valence-electron chi connectivity index (χ4n) is 2.64. The Bertz CT molecular complexity index is 740. The van der Waals surface area contributed by atoms with Crippen molar-refractivity contribution in [3.63, 3.8) is 0 Å². The minimum absolute atomic E-state index is 0.00508. The number of rotatable bonds is 3. The third kappa shape index (κ3) is 2.37. The van der Waals surface area contributed by atoms with Gasteiger partial charge >= 0.3 is 0 Å². The zero-order valence-electron chi connectivity index (χ0n) is 12.6. The Labute approximate surface area is 132 Å². The van der Waals surface area contributed by atoms with Crippen LogP contribution < -0.4 is 14.2 Å². The average Bonchev–Trinajstić information content (AvgIpc) is 2.59. The van der Waals surface area contributed by atoms with Crippen LogP contribution in [0.25, 0.3) is 0 Å². The molecule has 1 aliphatic heterocycles. The molecule has 0 bridgehead atoms. The zero-order valence-corrected chi connectivity index (χ0v) is 12.6. The monoisotopic (exact) mass is 316 g/mol. The number of benzene rings is 2. The Morgan fingerprint density at radius 2 is 1.74 bits per heavy atom. The molecule has 0 fully saturated rings. The van der Waals surface area contributed by atoms with Crippen LogP contribution in [0.5, 0.6) is 23.0 Å². The van der Waals surface area contributed by atoms with E-state index in [4.69, 9.17) is 14.2 Å². The summed E-state index contributed by atoms with van der Waals surface area (Å²) in [6.45, 7) is 0. The number of hydrogen-bond donors (Lipinski definition) is 2. The van der Waals surface area contributed by atoms with Gasteiger partial charge in [0.25, 0.3) is 0 Å². The molecule has 1 heterocycles. The minimum Gasteiger partial charge on any atom is -0.502 e. The maximum absolute atomic E-state index is 12.6. The smallest absolute Gasteiger partial charge is 0.203 e. The van der Waals surface area contributed by atoms with Crippen LogP contribution in [0.15, 0.2) is 36.4 Å². The van der Waals surface area contributed by atoms with E-state index in [9.17, 15) is 15.0 Å². The molecular formula is C17H16O6. The van der Waals surface area contributed by atoms with Crippen molar-refractivity contribution in [3.8, 4) is 23.0 Å². The van der Waals surface area contributed by atoms with Crippen LogP contribution in [-0.2, 0) is 0 Å². The van der Waals surface area contributed by atoms with E-state index >= 15 is 0 Å². The first-order chi connectivity index (χ1) is 11.1. The normalized spacial score (nSPS) is 19.7. The van der Waals surface area contributed by atoms with Crippen molar-refractivity contribution in [2.75, 3.05) is 14.2 Å². The molecule has 23 heavy (non-hydrogen) atoms. The van der Waals surface area contributed by atoms with Crippen molar-refractivity contribution >= 4 is 5.78 Å². The average molecular weight is 316 g/mol. The first kappa shape index (κ1) is 15.2. The Hall–Kier alpha value is -2.73. The number of methoxy groups -OCH3 is 2. The highest BCUT2D eigenvalue weighted by Crippen LogP contribution is 2.49. The lowest BCUT2D eigenvalue weighted by atomic mass is 9.92. The standard InChI is InChI=1S/C17H16O6/c1-21-10-8-11(22-2)13(18)17-12(10)14(19)15(20)16(23-17)9-6-4-3-5-7-9/h3-8,15-16,18,20H,1-2H3/t15-,16+/m0/s1. The van der Waals surface area contributed by atoms with Crippen molar-refractivity contribution in [3.05, 3.63) is 47.5 Å². The summed E-state index contributed by atoms with van der Waals surface area (Å²) in [6, 6.07) is 10.2. The summed E-state index contributed by atoms with van der Waals surface area (Å²) in [5, 5.41) is 20.6. The Morgan fingerprint density at radius 3 is 2.35 bits per heavy atom. The van der Waals surface area contributed by atoms with E-state index in [1.165, 1.54) is 20.3 Å². The number of phenols is 1. The molecule has 6 heteroatoms. The van der Waals surface area contributed by atoms with Gasteiger partial charge in [0.1, 0.15) is 11.3 Å². The van der Waals surface area contributed by atoms with Gasteiger partial charge in [-0.15, -0.1) is 0 Å². The van der Waals surface area contributed by atoms with Crippen LogP contribution in [0.2, 0.25) is 0 Å². The molecule has 0 saturated heterocycles. The summed E-state index contributed by atoms with van der Waals surface area (Å²) in [4.78, 5) is 12.6. The SMILES string of the molecule is COc1cc(OC)c2c(c1O)O[C@H](c1ccccc1)[C@@H](O)C2=O. The van der Waals surface area contributed by atoms with Gasteiger partial charge in [-0.05, 0) is 5.56 Å². The second kappa shape index (κ2) is 5.81. The van der Waals surface area contributed by atoms with Crippen molar-refractivity contribution in [1.82, 2.24) is 0 Å². The number of ketones is 1. The molecule has 2 aromatic rings. The third-order valence-electron chi connectivity index (χ3n) is 3.80. The highest BCUT2D eigenvalue weighted by atomic mass is 16.5. The summed E-state index contributed by atoms with van der Waals surface area (Å²) >= 11 is 0. The maximum Gasteiger partial charge on any atom is 0.203 e. The van der Waals surface area contributed by atoms with Crippen LogP contribution in [0, 0.1) is 0 Å². The number of phenolic OH excluding ortho intramolecular Hbond substituents is 1. The van der Waals surface area contributed by atoms with Crippen LogP contribution in [0.1, 0.15) is 22.0 Å². The molecule has 0 amide bonds. The first-order valence-electron chi connectivity index (χ1n) is 7.00. The summed E-state index contributed by atoms with van der Waals surface area (Å²) in [7, 11) is 2.77. The van der Waals surface area contributed by atoms with E-state index in [2.05, 4.69) is 0 Å². The summed E-state index contributed by atoms with van der Waals surface area (Å²) in [6.07, 6.45) is -2.31. The predicted molar refractivity (Wildman–Crippen MR) is 81.4 cm³/mol. The topological polar surface area (TPSA) is 85.2 Å². The van der Waals surface area contributed by atoms with Gasteiger partial charge in [0.15, 0.2) is 23.7 Å². The number of ether oxygens (including phenoxy) is 3. The van der Waals surface area contributed by atoms with E-state index in [0.717, 1.165) is 0 Å². The molecule has 0 aromatic heterocycles. The van der Waals surface area contributed by atoms with Crippen molar-refractivity contribution in [2.45, 2.75) is 12.2 Å². The number of Topliss-reactive ketones (excluding diaryl/α,β-unsaturated/α-hetero) is 1. The highest BCUT2D eigenvalue weighted by molar-refractivity contribution is 6.06. The van der Waals surface area contributed by atoms with Crippen LogP contribution in [0.4, 0.5) is 0 Å². The van der Waals surface area contributed by atoms with E-state index in [-0.39, 0.29) is 28.6 Å². The quantitative estimate of drug-likeness (QED) is 0.902. The zero-order chi connectivity index (χ0) is 16.6. The Morgan fingerprint density at radius 1 is 1.09 bits per heavy atom. The molecule has 3 rings (SSSR count). The Kier molecular flexibility index (Phi) is 3.83. The van der Waals surface area contributed by atoms with Gasteiger partial charge in [0.05, 0.1) is 14.2 Å². The molecule has 0 aliphatic carbocycles. The number of fused-ring (bicyclic) bond motifs is 1. The van der Waals surface area contributed by atoms with Gasteiger partial charge in [-0.25, -0.2) is 0 Å². The highest BCUT2D eigenvalue weighted by Gasteiger charge is 2.41. The predicted octanol–water partition coefficient (Wildman–Crippen LogP) is 2.09. The van der Waals surface area contributed by atoms with Crippen LogP contribution >= 0.6 is 0 Å². The molecule has 0 unspecified atom stereocenters. The van der Waals surface area contributed by atoms with Crippen LogP contribution in [-0.4, -0.2) is 36.3 Å². The fourth-order valence-corrected chi connectivity index (χ4v) is 2.64. The lowest BCUT2D eigenvalue weighted by molar-refractivity contribution is 0.0197. The van der Waals surface area contributed by atoms with E-state index in [1.54, 1.807) is 24.3 Å². The first-order valence-corrected chi connectivity index (χ1v) is 7.00. The van der Waals surface area contributed by atoms with Crippen molar-refractivity contribution in [1.29, 1.82) is 0 Å². The minimum atomic E-state index is -1.40. The van der Waals surface area contributed by atoms with Gasteiger partial charge in [-0.3, -0.25) is 4.79 Å². The van der Waals surface area contributed by atoms with E-state index < -0.39 is 18.0 Å². The molecule has 120 valence electrons. The number of aliphatic hydroxyl groups excluding tert-OH is 1. The molecule has 1 aliphatic rings. The number of aromatic hydroxyl groups is 1. The lowest BCUT2D eigenvalue weighted by Crippen LogP contribution is -2.36. The van der Waals surface area contributed by atoms with Crippen LogP contribution in [0.3, 0.4) is 0 Å². The van der Waals surface area contributed by atoms with Gasteiger partial charge in [-0.1, -0.05) is 30.3 Å². The van der Waals surface area contributed by atoms with Gasteiger partial charge < -0.3 is 24.4 Å². The molecule has 6 nitrogen and oxygen atoms in total. The van der Waals surface area contributed by atoms with Gasteiger partial charge in [0.2, 0.25) is 11.5 Å². The second-order valence-electron chi connectivity index (χ2n) is 5.09. The van der Waals surface area contributed by atoms with Crippen molar-refractivity contribution in [2.24, 2.45) is 0 Å². The summed E-state index contributed by atoms with van der Waals surface area (Å²) < 4.78 is 16.0. The lowest BCUT2D eigenvalue weighted by Gasteiger charge is -2.31. The molecule has 0 radical (unpaired) electrons. The summed E-state index contributed by atoms with van der Waals surface area (Å²) in [5.41, 5.74) is 0.630. The molecule has 0 saturated carbocycles. The Balaban J connectivity index is 2.16. The van der Waals surface area contributed by atoms with Gasteiger partial charge in [-0.2, -0.15) is 0 Å². The second-order valence-corrected chi connectivity index (χ2v) is 5.09. The molecule has 2 atom stereocenters. The van der Waals surface area contributed by atoms with E-state index in [0.29, 0.717) is 5.56 Å².